The summed E-state index contributed by atoms with van der Waals surface area (Å²) in [4.78, 5) is 69.3. The summed E-state index contributed by atoms with van der Waals surface area (Å²) in [5, 5.41) is 2.88. The number of hydrogen-bond donors (Lipinski definition) is 1. The number of rotatable bonds is 10. The molecule has 40 heavy (non-hydrogen) atoms. The fourth-order valence-corrected chi connectivity index (χ4v) is 5.29. The Morgan fingerprint density at radius 2 is 1.77 bits per heavy atom. The quantitative estimate of drug-likeness (QED) is 0.443. The van der Waals surface area contributed by atoms with E-state index in [0.717, 1.165) is 16.2 Å². The number of anilines is 2. The lowest BCUT2D eigenvalue weighted by Gasteiger charge is -2.27. The van der Waals surface area contributed by atoms with Gasteiger partial charge in [0.1, 0.15) is 12.7 Å². The highest BCUT2D eigenvalue weighted by molar-refractivity contribution is 7.18. The maximum Gasteiger partial charge on any atom is 0.414 e. The Kier molecular flexibility index (Phi) is 9.74. The first-order chi connectivity index (χ1) is 19.2. The van der Waals surface area contributed by atoms with Crippen molar-refractivity contribution in [1.82, 2.24) is 15.1 Å². The largest absolute Gasteiger partial charge is 0.442 e. The van der Waals surface area contributed by atoms with E-state index in [-0.39, 0.29) is 49.4 Å². The number of benzene rings is 1. The van der Waals surface area contributed by atoms with Gasteiger partial charge >= 0.3 is 6.09 Å². The fourth-order valence-electron chi connectivity index (χ4n) is 4.29. The van der Waals surface area contributed by atoms with Gasteiger partial charge < -0.3 is 24.6 Å². The number of likely N-dealkylation sites (N-methyl/N-ethyl adjacent to an activating group) is 1. The molecule has 4 rings (SSSR count). The average Bonchev–Trinajstić information content (AvgIpc) is 3.55. The van der Waals surface area contributed by atoms with E-state index in [0.29, 0.717) is 35.4 Å². The van der Waals surface area contributed by atoms with Gasteiger partial charge in [-0.3, -0.25) is 29.0 Å². The molecule has 1 aromatic carbocycles. The average molecular weight is 592 g/mol. The summed E-state index contributed by atoms with van der Waals surface area (Å²) in [5.74, 6) is -1.60. The number of thiophene rings is 1. The molecule has 0 aliphatic carbocycles. The first-order valence-electron chi connectivity index (χ1n) is 12.6. The van der Waals surface area contributed by atoms with Crippen molar-refractivity contribution in [2.24, 2.45) is 0 Å². The SMILES string of the molecule is CNCCC(=O)N(C)CC(=O)N(C[C@H]1CN(c2ccc(N3CCOCC3=O)cc2)C(=O)O1)C(=O)c1ccc(Cl)s1. The summed E-state index contributed by atoms with van der Waals surface area (Å²) >= 11 is 7.03. The second-order valence-corrected chi connectivity index (χ2v) is 11.0. The maximum absolute atomic E-state index is 13.3. The minimum absolute atomic E-state index is 0.0212. The Hall–Kier alpha value is -3.52. The number of imide groups is 1. The summed E-state index contributed by atoms with van der Waals surface area (Å²) in [6, 6.07) is 9.95. The van der Waals surface area contributed by atoms with Gasteiger partial charge in [0.15, 0.2) is 0 Å². The monoisotopic (exact) mass is 591 g/mol. The number of ether oxygens (including phenoxy) is 2. The third-order valence-electron chi connectivity index (χ3n) is 6.44. The van der Waals surface area contributed by atoms with Crippen molar-refractivity contribution in [3.8, 4) is 0 Å². The molecular formula is C26H30ClN5O7S. The molecule has 3 heterocycles. The van der Waals surface area contributed by atoms with Crippen LogP contribution in [0.5, 0.6) is 0 Å². The van der Waals surface area contributed by atoms with Gasteiger partial charge in [-0.1, -0.05) is 11.6 Å². The van der Waals surface area contributed by atoms with Crippen LogP contribution in [0.3, 0.4) is 0 Å². The van der Waals surface area contributed by atoms with Crippen LogP contribution in [0.25, 0.3) is 0 Å². The van der Waals surface area contributed by atoms with Crippen LogP contribution in [0.4, 0.5) is 16.2 Å². The lowest BCUT2D eigenvalue weighted by Crippen LogP contribution is -2.47. The van der Waals surface area contributed by atoms with Gasteiger partial charge in [-0.15, -0.1) is 11.3 Å². The van der Waals surface area contributed by atoms with Crippen LogP contribution < -0.4 is 15.1 Å². The van der Waals surface area contributed by atoms with Crippen molar-refractivity contribution < 1.29 is 33.4 Å². The molecule has 2 aromatic rings. The Morgan fingerprint density at radius 1 is 1.07 bits per heavy atom. The zero-order valence-corrected chi connectivity index (χ0v) is 23.7. The first-order valence-corrected chi connectivity index (χ1v) is 13.8. The number of carbonyl (C=O) groups excluding carboxylic acids is 5. The Labute approximate surface area is 240 Å². The lowest BCUT2D eigenvalue weighted by atomic mass is 10.2. The molecule has 14 heteroatoms. The third kappa shape index (κ3) is 6.97. The highest BCUT2D eigenvalue weighted by Crippen LogP contribution is 2.27. The molecule has 0 radical (unpaired) electrons. The van der Waals surface area contributed by atoms with E-state index >= 15 is 0 Å². The van der Waals surface area contributed by atoms with Crippen molar-refractivity contribution >= 4 is 64.0 Å². The van der Waals surface area contributed by atoms with Crippen molar-refractivity contribution in [3.63, 3.8) is 0 Å². The molecule has 1 atom stereocenters. The van der Waals surface area contributed by atoms with E-state index in [2.05, 4.69) is 5.32 Å². The van der Waals surface area contributed by atoms with Crippen molar-refractivity contribution in [2.75, 3.05) is 69.8 Å². The molecule has 0 spiro atoms. The van der Waals surface area contributed by atoms with E-state index in [1.54, 1.807) is 42.3 Å². The molecular weight excluding hydrogens is 562 g/mol. The predicted molar refractivity (Wildman–Crippen MR) is 149 cm³/mol. The van der Waals surface area contributed by atoms with E-state index in [9.17, 15) is 24.0 Å². The van der Waals surface area contributed by atoms with Gasteiger partial charge in [0, 0.05) is 37.9 Å². The van der Waals surface area contributed by atoms with Gasteiger partial charge in [0.25, 0.3) is 11.8 Å². The zero-order valence-electron chi connectivity index (χ0n) is 22.1. The number of halogens is 1. The Balaban J connectivity index is 1.46. The van der Waals surface area contributed by atoms with Crippen LogP contribution in [-0.2, 0) is 23.9 Å². The topological polar surface area (TPSA) is 129 Å². The summed E-state index contributed by atoms with van der Waals surface area (Å²) in [6.45, 7) is 0.926. The standard InChI is InChI=1S/C26H30ClN5O7S/c1-28-10-9-22(33)29(2)15-23(34)32(25(36)20-7-8-21(27)40-20)14-19-13-31(26(37)39-19)18-5-3-17(4-6-18)30-11-12-38-16-24(30)35/h3-8,19,28H,9-16H2,1-2H3/t19-/m1/s1. The summed E-state index contributed by atoms with van der Waals surface area (Å²) in [6.07, 6.45) is -1.23. The zero-order chi connectivity index (χ0) is 28.8. The van der Waals surface area contributed by atoms with E-state index < -0.39 is 24.0 Å². The van der Waals surface area contributed by atoms with Crippen LogP contribution >= 0.6 is 22.9 Å². The molecule has 2 aliphatic heterocycles. The van der Waals surface area contributed by atoms with Crippen LogP contribution in [0.2, 0.25) is 4.34 Å². The van der Waals surface area contributed by atoms with Crippen molar-refractivity contribution in [1.29, 1.82) is 0 Å². The minimum Gasteiger partial charge on any atom is -0.442 e. The van der Waals surface area contributed by atoms with Gasteiger partial charge in [-0.05, 0) is 43.4 Å². The van der Waals surface area contributed by atoms with Crippen LogP contribution in [-0.4, -0.2) is 106 Å². The number of carbonyl (C=O) groups is 5. The van der Waals surface area contributed by atoms with Crippen LogP contribution in [0, 0.1) is 0 Å². The number of amides is 5. The molecule has 12 nitrogen and oxygen atoms in total. The molecule has 0 saturated carbocycles. The van der Waals surface area contributed by atoms with E-state index in [4.69, 9.17) is 21.1 Å². The highest BCUT2D eigenvalue weighted by atomic mass is 35.5. The van der Waals surface area contributed by atoms with Gasteiger partial charge in [0.05, 0.1) is 35.5 Å². The van der Waals surface area contributed by atoms with Crippen LogP contribution in [0.1, 0.15) is 16.1 Å². The number of cyclic esters (lactones) is 1. The minimum atomic E-state index is -0.804. The normalized spacial score (nSPS) is 17.1. The third-order valence-corrected chi connectivity index (χ3v) is 7.66. The van der Waals surface area contributed by atoms with Gasteiger partial charge in [-0.2, -0.15) is 0 Å². The van der Waals surface area contributed by atoms with Crippen LogP contribution in [0.15, 0.2) is 36.4 Å². The molecule has 1 N–H and O–H groups in total. The molecule has 0 bridgehead atoms. The molecule has 2 saturated heterocycles. The number of morpholine rings is 1. The maximum atomic E-state index is 13.3. The fraction of sp³-hybridized carbons (Fsp3) is 0.423. The summed E-state index contributed by atoms with van der Waals surface area (Å²) < 4.78 is 11.1. The second-order valence-electron chi connectivity index (χ2n) is 9.25. The molecule has 1 aromatic heterocycles. The highest BCUT2D eigenvalue weighted by Gasteiger charge is 2.37. The molecule has 5 amide bonds. The van der Waals surface area contributed by atoms with Gasteiger partial charge in [0.2, 0.25) is 11.8 Å². The smallest absolute Gasteiger partial charge is 0.414 e. The van der Waals surface area contributed by atoms with Crippen molar-refractivity contribution in [2.45, 2.75) is 12.5 Å². The Morgan fingerprint density at radius 3 is 2.40 bits per heavy atom. The lowest BCUT2D eigenvalue weighted by molar-refractivity contribution is -0.138. The summed E-state index contributed by atoms with van der Waals surface area (Å²) in [7, 11) is 3.21. The van der Waals surface area contributed by atoms with Crippen molar-refractivity contribution in [3.05, 3.63) is 45.6 Å². The molecule has 2 fully saturated rings. The predicted octanol–water partition coefficient (Wildman–Crippen LogP) is 1.83. The van der Waals surface area contributed by atoms with E-state index in [1.165, 1.54) is 22.9 Å². The summed E-state index contributed by atoms with van der Waals surface area (Å²) in [5.41, 5.74) is 1.23. The Bertz CT molecular complexity index is 1270. The first kappa shape index (κ1) is 29.5. The molecule has 0 unspecified atom stereocenters. The molecule has 214 valence electrons. The second kappa shape index (κ2) is 13.2. The number of hydrogen-bond acceptors (Lipinski definition) is 9. The number of nitrogens with zero attached hydrogens (tertiary/aromatic N) is 4. The van der Waals surface area contributed by atoms with Gasteiger partial charge in [-0.25, -0.2) is 4.79 Å². The number of nitrogens with one attached hydrogen (secondary N) is 1. The van der Waals surface area contributed by atoms with E-state index in [1.807, 2.05) is 0 Å². The molecule has 2 aliphatic rings.